The SMILES string of the molecule is O=C(NCc1cccc(F)c1)c1ccc(O)c(O)c1. The first-order valence-electron chi connectivity index (χ1n) is 5.61. The van der Waals surface area contributed by atoms with Crippen molar-refractivity contribution in [3.8, 4) is 11.5 Å². The van der Waals surface area contributed by atoms with Gasteiger partial charge in [0, 0.05) is 12.1 Å². The largest absolute Gasteiger partial charge is 0.504 e. The third-order valence-electron chi connectivity index (χ3n) is 2.58. The van der Waals surface area contributed by atoms with Gasteiger partial charge in [-0.05, 0) is 35.9 Å². The molecule has 0 aliphatic rings. The molecule has 2 aromatic carbocycles. The van der Waals surface area contributed by atoms with Crippen LogP contribution in [0.3, 0.4) is 0 Å². The molecule has 0 saturated heterocycles. The van der Waals surface area contributed by atoms with Crippen LogP contribution in [0.15, 0.2) is 42.5 Å². The van der Waals surface area contributed by atoms with E-state index < -0.39 is 5.91 Å². The lowest BCUT2D eigenvalue weighted by Crippen LogP contribution is -2.22. The lowest BCUT2D eigenvalue weighted by Gasteiger charge is -2.06. The van der Waals surface area contributed by atoms with Gasteiger partial charge in [-0.1, -0.05) is 12.1 Å². The Morgan fingerprint density at radius 1 is 1.11 bits per heavy atom. The van der Waals surface area contributed by atoms with Crippen LogP contribution in [0.1, 0.15) is 15.9 Å². The fraction of sp³-hybridized carbons (Fsp3) is 0.0714. The Morgan fingerprint density at radius 3 is 2.58 bits per heavy atom. The van der Waals surface area contributed by atoms with Gasteiger partial charge >= 0.3 is 0 Å². The first kappa shape index (κ1) is 12.9. The van der Waals surface area contributed by atoms with Gasteiger partial charge in [0.1, 0.15) is 5.82 Å². The Labute approximate surface area is 109 Å². The number of rotatable bonds is 3. The van der Waals surface area contributed by atoms with Crippen LogP contribution in [0.2, 0.25) is 0 Å². The average Bonchev–Trinajstić information content (AvgIpc) is 2.39. The highest BCUT2D eigenvalue weighted by Crippen LogP contribution is 2.24. The van der Waals surface area contributed by atoms with E-state index in [0.717, 1.165) is 6.07 Å². The van der Waals surface area contributed by atoms with Crippen molar-refractivity contribution < 1.29 is 19.4 Å². The first-order chi connectivity index (χ1) is 9.06. The van der Waals surface area contributed by atoms with Gasteiger partial charge < -0.3 is 15.5 Å². The number of hydrogen-bond donors (Lipinski definition) is 3. The van der Waals surface area contributed by atoms with Gasteiger partial charge in [0.05, 0.1) is 0 Å². The van der Waals surface area contributed by atoms with Crippen LogP contribution in [0.25, 0.3) is 0 Å². The van der Waals surface area contributed by atoms with Gasteiger partial charge in [0.25, 0.3) is 5.91 Å². The van der Waals surface area contributed by atoms with Crippen LogP contribution in [0.4, 0.5) is 4.39 Å². The van der Waals surface area contributed by atoms with Gasteiger partial charge in [0.2, 0.25) is 0 Å². The molecular weight excluding hydrogens is 249 g/mol. The van der Waals surface area contributed by atoms with Gasteiger partial charge in [0.15, 0.2) is 11.5 Å². The second-order valence-corrected chi connectivity index (χ2v) is 4.02. The quantitative estimate of drug-likeness (QED) is 0.741. The number of carbonyl (C=O) groups excluding carboxylic acids is 1. The summed E-state index contributed by atoms with van der Waals surface area (Å²) in [7, 11) is 0. The van der Waals surface area contributed by atoms with Crippen LogP contribution >= 0.6 is 0 Å². The summed E-state index contributed by atoms with van der Waals surface area (Å²) in [6.45, 7) is 0.179. The molecule has 1 amide bonds. The van der Waals surface area contributed by atoms with Gasteiger partial charge in [-0.2, -0.15) is 0 Å². The van der Waals surface area contributed by atoms with Crippen molar-refractivity contribution >= 4 is 5.91 Å². The van der Waals surface area contributed by atoms with E-state index in [1.54, 1.807) is 12.1 Å². The number of hydrogen-bond acceptors (Lipinski definition) is 3. The number of halogens is 1. The van der Waals surface area contributed by atoms with Gasteiger partial charge in [-0.3, -0.25) is 4.79 Å². The van der Waals surface area contributed by atoms with Crippen molar-refractivity contribution in [2.75, 3.05) is 0 Å². The molecule has 0 radical (unpaired) electrons. The van der Waals surface area contributed by atoms with Gasteiger partial charge in [-0.15, -0.1) is 0 Å². The normalized spacial score (nSPS) is 10.2. The Morgan fingerprint density at radius 2 is 1.89 bits per heavy atom. The molecule has 2 aromatic rings. The van der Waals surface area contributed by atoms with E-state index >= 15 is 0 Å². The van der Waals surface area contributed by atoms with Crippen LogP contribution in [0, 0.1) is 5.82 Å². The summed E-state index contributed by atoms with van der Waals surface area (Å²) in [5.41, 5.74) is 0.850. The summed E-state index contributed by atoms with van der Waals surface area (Å²) in [6, 6.07) is 9.68. The summed E-state index contributed by atoms with van der Waals surface area (Å²) in [5, 5.41) is 21.0. The van der Waals surface area contributed by atoms with Crippen LogP contribution in [-0.2, 0) is 6.54 Å². The molecule has 4 nitrogen and oxygen atoms in total. The monoisotopic (exact) mass is 261 g/mol. The molecule has 0 aliphatic carbocycles. The highest BCUT2D eigenvalue weighted by atomic mass is 19.1. The zero-order valence-electron chi connectivity index (χ0n) is 9.93. The molecule has 0 saturated carbocycles. The molecule has 0 atom stereocenters. The summed E-state index contributed by atoms with van der Waals surface area (Å²) < 4.78 is 12.9. The van der Waals surface area contributed by atoms with Crippen molar-refractivity contribution in [3.63, 3.8) is 0 Å². The van der Waals surface area contributed by atoms with Gasteiger partial charge in [-0.25, -0.2) is 4.39 Å². The van der Waals surface area contributed by atoms with E-state index in [1.807, 2.05) is 0 Å². The fourth-order valence-electron chi connectivity index (χ4n) is 1.60. The minimum atomic E-state index is -0.417. The van der Waals surface area contributed by atoms with E-state index in [-0.39, 0.29) is 29.4 Å². The summed E-state index contributed by atoms with van der Waals surface area (Å²) in [5.74, 6) is -1.44. The van der Waals surface area contributed by atoms with E-state index in [2.05, 4.69) is 5.32 Å². The van der Waals surface area contributed by atoms with Crippen molar-refractivity contribution in [2.24, 2.45) is 0 Å². The molecule has 0 spiro atoms. The molecule has 98 valence electrons. The third kappa shape index (κ3) is 3.22. The molecule has 3 N–H and O–H groups in total. The van der Waals surface area contributed by atoms with Crippen LogP contribution in [-0.4, -0.2) is 16.1 Å². The molecule has 0 unspecified atom stereocenters. The molecule has 19 heavy (non-hydrogen) atoms. The maximum atomic E-state index is 12.9. The number of phenolic OH excluding ortho intramolecular Hbond substituents is 2. The fourth-order valence-corrected chi connectivity index (χ4v) is 1.60. The van der Waals surface area contributed by atoms with Crippen molar-refractivity contribution in [2.45, 2.75) is 6.54 Å². The number of amides is 1. The third-order valence-corrected chi connectivity index (χ3v) is 2.58. The Bertz CT molecular complexity index is 613. The number of phenols is 2. The molecule has 2 rings (SSSR count). The standard InChI is InChI=1S/C14H12FNO3/c15-11-3-1-2-9(6-11)8-16-14(19)10-4-5-12(17)13(18)7-10/h1-7,17-18H,8H2,(H,16,19). The number of aromatic hydroxyl groups is 2. The average molecular weight is 261 g/mol. The smallest absolute Gasteiger partial charge is 0.251 e. The second-order valence-electron chi connectivity index (χ2n) is 4.02. The number of nitrogens with one attached hydrogen (secondary N) is 1. The predicted molar refractivity (Wildman–Crippen MR) is 67.3 cm³/mol. The molecule has 0 fully saturated rings. The maximum absolute atomic E-state index is 12.9. The summed E-state index contributed by atoms with van der Waals surface area (Å²) in [6.07, 6.45) is 0. The second kappa shape index (κ2) is 5.39. The minimum absolute atomic E-state index is 0.179. The van der Waals surface area contributed by atoms with E-state index in [9.17, 15) is 14.3 Å². The summed E-state index contributed by atoms with van der Waals surface area (Å²) >= 11 is 0. The first-order valence-corrected chi connectivity index (χ1v) is 5.61. The predicted octanol–water partition coefficient (Wildman–Crippen LogP) is 2.17. The molecular formula is C14H12FNO3. The molecule has 0 heterocycles. The highest BCUT2D eigenvalue weighted by molar-refractivity contribution is 5.94. The van der Waals surface area contributed by atoms with Crippen molar-refractivity contribution in [1.29, 1.82) is 0 Å². The topological polar surface area (TPSA) is 69.6 Å². The minimum Gasteiger partial charge on any atom is -0.504 e. The van der Waals surface area contributed by atoms with Crippen LogP contribution < -0.4 is 5.32 Å². The Hall–Kier alpha value is -2.56. The number of carbonyl (C=O) groups is 1. The Balaban J connectivity index is 2.03. The van der Waals surface area contributed by atoms with Crippen molar-refractivity contribution in [3.05, 3.63) is 59.4 Å². The lowest BCUT2D eigenvalue weighted by atomic mass is 10.1. The van der Waals surface area contributed by atoms with Crippen LogP contribution in [0.5, 0.6) is 11.5 Å². The summed E-state index contributed by atoms with van der Waals surface area (Å²) in [4.78, 5) is 11.8. The van der Waals surface area contributed by atoms with E-state index in [1.165, 1.54) is 24.3 Å². The Kier molecular flexibility index (Phi) is 3.66. The van der Waals surface area contributed by atoms with E-state index in [0.29, 0.717) is 5.56 Å². The highest BCUT2D eigenvalue weighted by Gasteiger charge is 2.08. The maximum Gasteiger partial charge on any atom is 0.251 e. The molecule has 0 bridgehead atoms. The zero-order chi connectivity index (χ0) is 13.8. The zero-order valence-corrected chi connectivity index (χ0v) is 9.93. The molecule has 5 heteroatoms. The van der Waals surface area contributed by atoms with Crippen molar-refractivity contribution in [1.82, 2.24) is 5.32 Å². The molecule has 0 aliphatic heterocycles. The number of benzene rings is 2. The van der Waals surface area contributed by atoms with E-state index in [4.69, 9.17) is 5.11 Å². The lowest BCUT2D eigenvalue weighted by molar-refractivity contribution is 0.0950. The molecule has 0 aromatic heterocycles.